The molecule has 4 unspecified atom stereocenters. The summed E-state index contributed by atoms with van der Waals surface area (Å²) in [5, 5.41) is 85.9. The molecular formula is C64H124Cl2N14O17. The zero-order chi connectivity index (χ0) is 76.8. The molecule has 0 spiro atoms. The number of amides is 3. The number of nitrogens with zero attached hydrogens (tertiary/aromatic N) is 8. The van der Waals surface area contributed by atoms with Crippen LogP contribution in [0, 0.1) is 10.8 Å². The quantitative estimate of drug-likeness (QED) is 0.00964. The van der Waals surface area contributed by atoms with Crippen LogP contribution in [0.15, 0.2) is 29.6 Å². The summed E-state index contributed by atoms with van der Waals surface area (Å²) in [6.45, 7) is 48.3. The van der Waals surface area contributed by atoms with E-state index in [1.807, 2.05) is 83.1 Å². The second kappa shape index (κ2) is 46.2. The van der Waals surface area contributed by atoms with Crippen LogP contribution >= 0.6 is 23.2 Å². The highest BCUT2D eigenvalue weighted by Crippen LogP contribution is 2.26. The third-order valence-corrected chi connectivity index (χ3v) is 12.5. The third-order valence-electron chi connectivity index (χ3n) is 12.5. The average Bonchev–Trinajstić information content (AvgIpc) is 1.73. The van der Waals surface area contributed by atoms with E-state index in [4.69, 9.17) is 74.0 Å². The van der Waals surface area contributed by atoms with E-state index in [-0.39, 0.29) is 51.1 Å². The van der Waals surface area contributed by atoms with Gasteiger partial charge in [-0.05, 0) is 108 Å². The fraction of sp³-hybridized carbons (Fsp3) is 0.828. The Hall–Kier alpha value is -6.25. The molecule has 2 heterocycles. The summed E-state index contributed by atoms with van der Waals surface area (Å²) in [6, 6.07) is -2.08. The molecule has 3 amide bonds. The van der Waals surface area contributed by atoms with Gasteiger partial charge in [0.1, 0.15) is 34.6 Å². The first-order chi connectivity index (χ1) is 44.1. The molecule has 1 saturated carbocycles. The highest BCUT2D eigenvalue weighted by atomic mass is 35.5. The lowest BCUT2D eigenvalue weighted by Crippen LogP contribution is -2.48. The van der Waals surface area contributed by atoms with Crippen LogP contribution < -0.4 is 33.2 Å². The van der Waals surface area contributed by atoms with Gasteiger partial charge in [-0.25, -0.2) is 24.0 Å². The Balaban J connectivity index is -0.000000546. The van der Waals surface area contributed by atoms with Crippen LogP contribution in [0.1, 0.15) is 273 Å². The Morgan fingerprint density at radius 1 is 0.567 bits per heavy atom. The molecule has 1 aliphatic rings. The number of aromatic nitrogens is 4. The van der Waals surface area contributed by atoms with E-state index in [1.165, 1.54) is 32.1 Å². The summed E-state index contributed by atoms with van der Waals surface area (Å²) in [5.41, 5.74) is 13.5. The molecule has 2 aromatic rings. The van der Waals surface area contributed by atoms with Gasteiger partial charge < -0.3 is 92.0 Å². The fourth-order valence-corrected chi connectivity index (χ4v) is 6.65. The van der Waals surface area contributed by atoms with Crippen LogP contribution in [0.25, 0.3) is 0 Å². The van der Waals surface area contributed by atoms with Crippen molar-refractivity contribution in [1.82, 2.24) is 36.2 Å². The normalized spacial score (nSPS) is 15.8. The summed E-state index contributed by atoms with van der Waals surface area (Å²) >= 11 is 9.53. The van der Waals surface area contributed by atoms with Crippen LogP contribution in [0.5, 0.6) is 0 Å². The number of nitrogens with one attached hydrogen (secondary N) is 3. The van der Waals surface area contributed by atoms with Gasteiger partial charge in [-0.15, -0.1) is 23.2 Å². The molecule has 0 bridgehead atoms. The Kier molecular flexibility index (Phi) is 46.2. The number of alkyl carbamates (subject to hydrolysis) is 3. The molecule has 33 heteroatoms. The van der Waals surface area contributed by atoms with E-state index in [1.54, 1.807) is 96.9 Å². The van der Waals surface area contributed by atoms with Gasteiger partial charge in [0.15, 0.2) is 30.0 Å². The minimum absolute atomic E-state index is 0.0906. The lowest BCUT2D eigenvalue weighted by atomic mass is 9.96. The predicted molar refractivity (Wildman–Crippen MR) is 373 cm³/mol. The lowest BCUT2D eigenvalue weighted by molar-refractivity contribution is -0.155. The second-order valence-electron chi connectivity index (χ2n) is 29.4. The number of aliphatic hydroxyl groups excluding tert-OH is 4. The van der Waals surface area contributed by atoms with Gasteiger partial charge in [0.25, 0.3) is 11.8 Å². The topological polar surface area (TPSA) is 485 Å². The Morgan fingerprint density at radius 3 is 1.20 bits per heavy atom. The molecule has 8 atom stereocenters. The minimum atomic E-state index is -1.63. The molecule has 2 aromatic heterocycles. The molecule has 566 valence electrons. The van der Waals surface area contributed by atoms with Crippen molar-refractivity contribution in [2.45, 2.75) is 320 Å². The number of hydrogen-bond acceptors (Lipinski definition) is 25. The number of halogens is 2. The monoisotopic (exact) mass is 1430 g/mol. The van der Waals surface area contributed by atoms with E-state index in [0.717, 1.165) is 6.54 Å². The van der Waals surface area contributed by atoms with Crippen molar-refractivity contribution in [2.24, 2.45) is 48.6 Å². The molecule has 1 aliphatic carbocycles. The number of carbonyl (C=O) groups is 5. The number of carboxylic acid groups (broad SMARTS) is 1. The first kappa shape index (κ1) is 97.1. The zero-order valence-electron chi connectivity index (χ0n) is 62.7. The number of azo groups is 1. The number of hydrogen-bond donors (Lipinski definition) is 12. The molecule has 15 N–H and O–H groups in total. The van der Waals surface area contributed by atoms with Crippen LogP contribution in [0.3, 0.4) is 0 Å². The number of rotatable bonds is 18. The predicted octanol–water partition coefficient (Wildman–Crippen LogP) is 11.1. The number of aliphatic hydroxyl groups is 4. The van der Waals surface area contributed by atoms with Gasteiger partial charge >= 0.3 is 30.2 Å². The van der Waals surface area contributed by atoms with Crippen LogP contribution in [-0.2, 0) is 39.5 Å². The Bertz CT molecular complexity index is 2620. The van der Waals surface area contributed by atoms with Crippen LogP contribution in [0.4, 0.5) is 14.4 Å². The largest absolute Gasteiger partial charge is 0.479 e. The van der Waals surface area contributed by atoms with Crippen molar-refractivity contribution in [3.05, 3.63) is 23.4 Å². The molecule has 0 saturated heterocycles. The van der Waals surface area contributed by atoms with Gasteiger partial charge in [-0.1, -0.05) is 151 Å². The molecular weight excluding hydrogens is 1310 g/mol. The van der Waals surface area contributed by atoms with Crippen molar-refractivity contribution < 1.29 is 82.8 Å². The SMILES string of the molecule is CC(C)(C)/C(N)=N/O.CCN=NC1CCCCC1.CC[C@H](N)C(O)c1nc(C(C)(C)C)no1.CC[C@H](NC(=O)OC(C)(C)C)C(O)C(=O)O.CC[C@H](NC(=O)OC(C)(C)C)C(O)C(=O)O/N=C(\N)C(C)(C)C.CC[C@H](NC(=O)OC(C)(C)C)C(O)c1nc(C(C)(C)C)no1.ClCCl. The molecule has 31 nitrogen and oxygen atoms in total. The molecule has 0 aromatic carbocycles. The Labute approximate surface area is 585 Å². The van der Waals surface area contributed by atoms with Crippen LogP contribution in [-0.4, -0.2) is 164 Å². The summed E-state index contributed by atoms with van der Waals surface area (Å²) in [7, 11) is 0. The second-order valence-corrected chi connectivity index (χ2v) is 30.2. The fourth-order valence-electron chi connectivity index (χ4n) is 6.65. The van der Waals surface area contributed by atoms with Gasteiger partial charge in [0, 0.05) is 27.7 Å². The van der Waals surface area contributed by atoms with Gasteiger partial charge in [0.05, 0.1) is 36.1 Å². The first-order valence-electron chi connectivity index (χ1n) is 32.5. The summed E-state index contributed by atoms with van der Waals surface area (Å²) in [5.74, 6) is -0.609. The number of aliphatic carboxylic acids is 1. The first-order valence-corrected chi connectivity index (χ1v) is 33.5. The minimum Gasteiger partial charge on any atom is -0.479 e. The number of alkyl halides is 2. The number of amidine groups is 2. The average molecular weight is 1430 g/mol. The molecule has 3 rings (SSSR count). The van der Waals surface area contributed by atoms with E-state index >= 15 is 0 Å². The molecule has 97 heavy (non-hydrogen) atoms. The van der Waals surface area contributed by atoms with E-state index in [0.29, 0.717) is 43.4 Å². The van der Waals surface area contributed by atoms with Crippen molar-refractivity contribution in [3.8, 4) is 0 Å². The smallest absolute Gasteiger partial charge is 0.407 e. The third kappa shape index (κ3) is 46.6. The van der Waals surface area contributed by atoms with Gasteiger partial charge in [0.2, 0.25) is 0 Å². The van der Waals surface area contributed by atoms with E-state index < -0.39 is 95.0 Å². The summed E-state index contributed by atoms with van der Waals surface area (Å²) in [4.78, 5) is 70.2. The summed E-state index contributed by atoms with van der Waals surface area (Å²) in [6.07, 6.45) is 1.18. The number of carboxylic acids is 1. The van der Waals surface area contributed by atoms with E-state index in [9.17, 15) is 44.4 Å². The van der Waals surface area contributed by atoms with E-state index in [2.05, 4.69) is 61.6 Å². The zero-order valence-corrected chi connectivity index (χ0v) is 64.2. The van der Waals surface area contributed by atoms with Crippen molar-refractivity contribution in [1.29, 1.82) is 0 Å². The van der Waals surface area contributed by atoms with Crippen LogP contribution in [0.2, 0.25) is 0 Å². The standard InChI is InChI=1S/C15H29N3O5.C15H27N3O4.C10H19N3O2.C10H19NO5.C8H16N2.C5H12N2O.CH2Cl2/c1-8-9(17-13(21)22-15(5,6)7)10(19)11(20)23-18-12(16)14(2,3)4;1-8-9(16-13(20)21-15(5,6)7)10(19)11-17-12(18-22-11)14(2,3)4;1-5-6(11)7(14)8-12-9(13-15-8)10(2,3)4;1-5-6(7(12)8(13)14)11-9(15)16-10(2,3)4;1-2-9-10-8-6-4-3-5-7-8;1-5(2,3)4(6)7-8;2-1-3/h9-10,19H,8H2,1-7H3,(H2,16,18)(H,17,21);9-10,19H,8H2,1-7H3,(H,16,20);6-7,14H,5,11H2,1-4H3;6-7,12H,5H2,1-4H3,(H,11,15)(H,13,14);8H,2-7H2,1H3;8H,1-3H3,(H2,6,7);1H2/t2*9-,10?;2*6-,7?;;;/m0000.../s1. The number of carbonyl (C=O) groups excluding carboxylic acids is 4. The Morgan fingerprint density at radius 2 is 0.918 bits per heavy atom. The van der Waals surface area contributed by atoms with Crippen molar-refractivity contribution in [2.75, 3.05) is 11.9 Å². The number of nitrogens with two attached hydrogens (primary N) is 3. The maximum atomic E-state index is 11.8. The highest BCUT2D eigenvalue weighted by molar-refractivity contribution is 6.40. The number of ether oxygens (including phenoxy) is 3. The number of oxime groups is 2. The van der Waals surface area contributed by atoms with Gasteiger partial charge in [-0.2, -0.15) is 20.2 Å². The maximum Gasteiger partial charge on any atom is 0.407 e. The van der Waals surface area contributed by atoms with Gasteiger partial charge in [-0.3, -0.25) is 0 Å². The molecule has 0 aliphatic heterocycles. The van der Waals surface area contributed by atoms with Crippen molar-refractivity contribution >= 4 is 65.1 Å². The summed E-state index contributed by atoms with van der Waals surface area (Å²) < 4.78 is 25.3. The lowest BCUT2D eigenvalue weighted by Gasteiger charge is -2.24. The highest BCUT2D eigenvalue weighted by Gasteiger charge is 2.34. The molecule has 0 radical (unpaired) electrons. The maximum absolute atomic E-state index is 11.8. The van der Waals surface area contributed by atoms with Crippen molar-refractivity contribution in [3.63, 3.8) is 0 Å². The molecule has 1 fully saturated rings.